The molecule has 0 unspecified atom stereocenters. The Labute approximate surface area is 172 Å². The van der Waals surface area contributed by atoms with Gasteiger partial charge in [-0.25, -0.2) is 0 Å². The molecule has 0 bridgehead atoms. The quantitative estimate of drug-likeness (QED) is 0.755. The second-order valence-electron chi connectivity index (χ2n) is 8.04. The van der Waals surface area contributed by atoms with Crippen molar-refractivity contribution >= 4 is 23.4 Å². The Morgan fingerprint density at radius 1 is 1.04 bits per heavy atom. The van der Waals surface area contributed by atoms with Gasteiger partial charge in [0.25, 0.3) is 0 Å². The molecule has 0 spiro atoms. The zero-order chi connectivity index (χ0) is 20.7. The van der Waals surface area contributed by atoms with E-state index >= 15 is 0 Å². The van der Waals surface area contributed by atoms with Crippen LogP contribution in [0.4, 0.5) is 0 Å². The summed E-state index contributed by atoms with van der Waals surface area (Å²) in [5, 5.41) is 3.57. The minimum absolute atomic E-state index is 0.0882. The Morgan fingerprint density at radius 2 is 1.68 bits per heavy atom. The lowest BCUT2D eigenvalue weighted by molar-refractivity contribution is -0.140. The van der Waals surface area contributed by atoms with Crippen molar-refractivity contribution in [3.63, 3.8) is 0 Å². The lowest BCUT2D eigenvalue weighted by Crippen LogP contribution is -2.53. The first-order valence-corrected chi connectivity index (χ1v) is 9.93. The molecule has 0 radical (unpaired) electrons. The highest BCUT2D eigenvalue weighted by molar-refractivity contribution is 6.30. The molecule has 4 nitrogen and oxygen atoms in total. The van der Waals surface area contributed by atoms with Crippen molar-refractivity contribution in [2.45, 2.75) is 52.1 Å². The molecule has 0 aliphatic carbocycles. The van der Waals surface area contributed by atoms with Crippen LogP contribution >= 0.6 is 11.6 Å². The molecule has 150 valence electrons. The van der Waals surface area contributed by atoms with Crippen LogP contribution in [0.2, 0.25) is 5.02 Å². The molecule has 2 amide bonds. The van der Waals surface area contributed by atoms with Gasteiger partial charge in [0.05, 0.1) is 6.42 Å². The van der Waals surface area contributed by atoms with E-state index in [0.29, 0.717) is 18.0 Å². The van der Waals surface area contributed by atoms with Crippen LogP contribution in [-0.4, -0.2) is 34.8 Å². The number of nitrogens with one attached hydrogen (secondary N) is 1. The predicted octanol–water partition coefficient (Wildman–Crippen LogP) is 4.26. The molecule has 28 heavy (non-hydrogen) atoms. The summed E-state index contributed by atoms with van der Waals surface area (Å²) < 4.78 is 0. The van der Waals surface area contributed by atoms with Crippen LogP contribution in [0, 0.1) is 0 Å². The SMILES string of the molecule is C[C@@H](C(=O)NC(C)(C)C)N(CCc1ccccc1)C(=O)Cc1cccc(Cl)c1. The van der Waals surface area contributed by atoms with Crippen molar-refractivity contribution < 1.29 is 9.59 Å². The highest BCUT2D eigenvalue weighted by atomic mass is 35.5. The number of rotatable bonds is 7. The third kappa shape index (κ3) is 7.01. The van der Waals surface area contributed by atoms with E-state index in [0.717, 1.165) is 11.1 Å². The van der Waals surface area contributed by atoms with E-state index in [1.54, 1.807) is 24.0 Å². The van der Waals surface area contributed by atoms with Gasteiger partial charge in [-0.1, -0.05) is 54.1 Å². The maximum atomic E-state index is 13.1. The van der Waals surface area contributed by atoms with Gasteiger partial charge in [0, 0.05) is 17.1 Å². The van der Waals surface area contributed by atoms with Gasteiger partial charge in [-0.2, -0.15) is 0 Å². The Balaban J connectivity index is 2.16. The molecule has 5 heteroatoms. The molecule has 2 rings (SSSR count). The molecule has 0 aliphatic heterocycles. The molecular formula is C23H29ClN2O2. The maximum Gasteiger partial charge on any atom is 0.242 e. The number of benzene rings is 2. The number of hydrogen-bond donors (Lipinski definition) is 1. The first-order chi connectivity index (χ1) is 13.2. The van der Waals surface area contributed by atoms with Crippen LogP contribution in [0.3, 0.4) is 0 Å². The topological polar surface area (TPSA) is 49.4 Å². The van der Waals surface area contributed by atoms with Crippen LogP contribution in [0.1, 0.15) is 38.8 Å². The van der Waals surface area contributed by atoms with Crippen molar-refractivity contribution in [1.82, 2.24) is 10.2 Å². The predicted molar refractivity (Wildman–Crippen MR) is 114 cm³/mol. The van der Waals surface area contributed by atoms with Gasteiger partial charge >= 0.3 is 0 Å². The zero-order valence-corrected chi connectivity index (χ0v) is 17.8. The van der Waals surface area contributed by atoms with E-state index in [4.69, 9.17) is 11.6 Å². The number of hydrogen-bond acceptors (Lipinski definition) is 2. The minimum atomic E-state index is -0.561. The summed E-state index contributed by atoms with van der Waals surface area (Å²) in [6.45, 7) is 8.04. The van der Waals surface area contributed by atoms with E-state index in [2.05, 4.69) is 5.32 Å². The summed E-state index contributed by atoms with van der Waals surface area (Å²) >= 11 is 6.05. The number of carbonyl (C=O) groups excluding carboxylic acids is 2. The third-order valence-electron chi connectivity index (χ3n) is 4.39. The highest BCUT2D eigenvalue weighted by Crippen LogP contribution is 2.14. The second kappa shape index (κ2) is 9.74. The van der Waals surface area contributed by atoms with Crippen molar-refractivity contribution in [2.75, 3.05) is 6.54 Å². The van der Waals surface area contributed by atoms with Crippen LogP contribution in [0.15, 0.2) is 54.6 Å². The summed E-state index contributed by atoms with van der Waals surface area (Å²) in [4.78, 5) is 27.4. The molecule has 0 saturated carbocycles. The third-order valence-corrected chi connectivity index (χ3v) is 4.63. The molecule has 0 aromatic heterocycles. The number of amides is 2. The van der Waals surface area contributed by atoms with E-state index in [1.807, 2.05) is 63.2 Å². The van der Waals surface area contributed by atoms with E-state index < -0.39 is 6.04 Å². The molecule has 0 heterocycles. The second-order valence-corrected chi connectivity index (χ2v) is 8.48. The zero-order valence-electron chi connectivity index (χ0n) is 17.0. The molecule has 0 fully saturated rings. The largest absolute Gasteiger partial charge is 0.350 e. The molecule has 0 aliphatic rings. The van der Waals surface area contributed by atoms with Gasteiger partial charge in [0.2, 0.25) is 11.8 Å². The first kappa shape index (κ1) is 22.0. The molecule has 1 atom stereocenters. The van der Waals surface area contributed by atoms with Crippen LogP contribution < -0.4 is 5.32 Å². The maximum absolute atomic E-state index is 13.1. The highest BCUT2D eigenvalue weighted by Gasteiger charge is 2.28. The van der Waals surface area contributed by atoms with E-state index in [9.17, 15) is 9.59 Å². The Hall–Kier alpha value is -2.33. The van der Waals surface area contributed by atoms with Crippen molar-refractivity contribution in [3.8, 4) is 0 Å². The number of nitrogens with zero attached hydrogens (tertiary/aromatic N) is 1. The number of halogens is 1. The van der Waals surface area contributed by atoms with Gasteiger partial charge in [0.15, 0.2) is 0 Å². The van der Waals surface area contributed by atoms with Crippen LogP contribution in [0.5, 0.6) is 0 Å². The minimum Gasteiger partial charge on any atom is -0.350 e. The summed E-state index contributed by atoms with van der Waals surface area (Å²) in [5.41, 5.74) is 1.61. The standard InChI is InChI=1S/C23H29ClN2O2/c1-17(22(28)25-23(2,3)4)26(14-13-18-9-6-5-7-10-18)21(27)16-19-11-8-12-20(24)15-19/h5-12,15,17H,13-14,16H2,1-4H3,(H,25,28)/t17-/m0/s1. The molecule has 2 aromatic carbocycles. The van der Waals surface area contributed by atoms with Gasteiger partial charge < -0.3 is 10.2 Å². The molecule has 0 saturated heterocycles. The van der Waals surface area contributed by atoms with E-state index in [1.165, 1.54) is 0 Å². The van der Waals surface area contributed by atoms with Gasteiger partial charge in [-0.3, -0.25) is 9.59 Å². The lowest BCUT2D eigenvalue weighted by Gasteiger charge is -2.31. The Morgan fingerprint density at radius 3 is 2.29 bits per heavy atom. The van der Waals surface area contributed by atoms with Crippen molar-refractivity contribution in [3.05, 3.63) is 70.7 Å². The average Bonchev–Trinajstić information content (AvgIpc) is 2.61. The normalized spacial score (nSPS) is 12.3. The monoisotopic (exact) mass is 400 g/mol. The smallest absolute Gasteiger partial charge is 0.242 e. The van der Waals surface area contributed by atoms with Crippen molar-refractivity contribution in [2.24, 2.45) is 0 Å². The molecular weight excluding hydrogens is 372 g/mol. The average molecular weight is 401 g/mol. The van der Waals surface area contributed by atoms with Gasteiger partial charge in [-0.05, 0) is 57.4 Å². The summed E-state index contributed by atoms with van der Waals surface area (Å²) in [6.07, 6.45) is 0.901. The fraction of sp³-hybridized carbons (Fsp3) is 0.391. The van der Waals surface area contributed by atoms with Crippen molar-refractivity contribution in [1.29, 1.82) is 0 Å². The Kier molecular flexibility index (Phi) is 7.64. The van der Waals surface area contributed by atoms with Crippen LogP contribution in [-0.2, 0) is 22.4 Å². The Bertz CT molecular complexity index is 800. The van der Waals surface area contributed by atoms with Gasteiger partial charge in [-0.15, -0.1) is 0 Å². The fourth-order valence-electron chi connectivity index (χ4n) is 2.97. The summed E-state index contributed by atoms with van der Waals surface area (Å²) in [5.74, 6) is -0.241. The van der Waals surface area contributed by atoms with Crippen LogP contribution in [0.25, 0.3) is 0 Å². The summed E-state index contributed by atoms with van der Waals surface area (Å²) in [6, 6.07) is 16.7. The lowest BCUT2D eigenvalue weighted by atomic mass is 10.1. The first-order valence-electron chi connectivity index (χ1n) is 9.55. The molecule has 1 N–H and O–H groups in total. The number of carbonyl (C=O) groups is 2. The van der Waals surface area contributed by atoms with E-state index in [-0.39, 0.29) is 23.8 Å². The molecule has 2 aromatic rings. The van der Waals surface area contributed by atoms with Gasteiger partial charge in [0.1, 0.15) is 6.04 Å². The fourth-order valence-corrected chi connectivity index (χ4v) is 3.18. The summed E-state index contributed by atoms with van der Waals surface area (Å²) in [7, 11) is 0.